The summed E-state index contributed by atoms with van der Waals surface area (Å²) in [5.41, 5.74) is 7.02. The Hall–Kier alpha value is -1.07. The zero-order valence-corrected chi connectivity index (χ0v) is 11.3. The first-order valence-electron chi connectivity index (χ1n) is 6.15. The topological polar surface area (TPSA) is 80.4 Å². The summed E-state index contributed by atoms with van der Waals surface area (Å²) >= 11 is 0. The lowest BCUT2D eigenvalue weighted by Gasteiger charge is -2.26. The lowest BCUT2D eigenvalue weighted by molar-refractivity contribution is 0.122. The van der Waals surface area contributed by atoms with Gasteiger partial charge in [-0.3, -0.25) is 0 Å². The predicted molar refractivity (Wildman–Crippen MR) is 71.2 cm³/mol. The first-order valence-corrected chi connectivity index (χ1v) is 8.04. The largest absolute Gasteiger partial charge is 0.398 e. The van der Waals surface area contributed by atoms with Gasteiger partial charge in [0.2, 0.25) is 0 Å². The van der Waals surface area contributed by atoms with Gasteiger partial charge in [0.25, 0.3) is 0 Å². The quantitative estimate of drug-likeness (QED) is 0.801. The fourth-order valence-electron chi connectivity index (χ4n) is 2.54. The minimum absolute atomic E-state index is 0.204. The van der Waals surface area contributed by atoms with Crippen molar-refractivity contribution in [3.8, 4) is 0 Å². The molecule has 0 bridgehead atoms. The first-order chi connectivity index (χ1) is 8.38. The molecule has 1 saturated carbocycles. The summed E-state index contributed by atoms with van der Waals surface area (Å²) in [7, 11) is -3.28. The summed E-state index contributed by atoms with van der Waals surface area (Å²) in [6.07, 6.45) is 4.33. The first kappa shape index (κ1) is 13.4. The molecule has 0 heterocycles. The van der Waals surface area contributed by atoms with Gasteiger partial charge in [0.15, 0.2) is 9.84 Å². The molecule has 4 nitrogen and oxygen atoms in total. The lowest BCUT2D eigenvalue weighted by Crippen LogP contribution is -2.17. The Morgan fingerprint density at radius 2 is 1.83 bits per heavy atom. The molecule has 18 heavy (non-hydrogen) atoms. The van der Waals surface area contributed by atoms with Crippen molar-refractivity contribution in [3.63, 3.8) is 0 Å². The zero-order valence-electron chi connectivity index (χ0n) is 10.5. The fourth-order valence-corrected chi connectivity index (χ4v) is 3.38. The van der Waals surface area contributed by atoms with Crippen LogP contribution in [0.1, 0.15) is 37.2 Å². The highest BCUT2D eigenvalue weighted by atomic mass is 32.2. The minimum atomic E-state index is -3.28. The van der Waals surface area contributed by atoms with Gasteiger partial charge in [0, 0.05) is 6.26 Å². The number of hydrogen-bond donors (Lipinski definition) is 2. The lowest BCUT2D eigenvalue weighted by atomic mass is 9.83. The maximum atomic E-state index is 11.6. The SMILES string of the molecule is CS(=O)(=O)c1cc(C2CCC(O)CC2)ccc1N. The second kappa shape index (κ2) is 4.90. The Morgan fingerprint density at radius 1 is 1.22 bits per heavy atom. The van der Waals surface area contributed by atoms with E-state index >= 15 is 0 Å². The van der Waals surface area contributed by atoms with Crippen molar-refractivity contribution < 1.29 is 13.5 Å². The highest BCUT2D eigenvalue weighted by Gasteiger charge is 2.22. The summed E-state index contributed by atoms with van der Waals surface area (Å²) in [6.45, 7) is 0. The van der Waals surface area contributed by atoms with Gasteiger partial charge in [-0.2, -0.15) is 0 Å². The molecule has 1 aliphatic carbocycles. The monoisotopic (exact) mass is 269 g/mol. The Bertz CT molecular complexity index is 531. The Balaban J connectivity index is 2.30. The molecule has 1 aromatic carbocycles. The number of hydrogen-bond acceptors (Lipinski definition) is 4. The molecule has 1 fully saturated rings. The van der Waals surface area contributed by atoms with Gasteiger partial charge in [0.05, 0.1) is 16.7 Å². The molecule has 1 aromatic rings. The van der Waals surface area contributed by atoms with Crippen molar-refractivity contribution >= 4 is 15.5 Å². The fraction of sp³-hybridized carbons (Fsp3) is 0.538. The van der Waals surface area contributed by atoms with E-state index in [2.05, 4.69) is 0 Å². The van der Waals surface area contributed by atoms with Crippen molar-refractivity contribution in [1.29, 1.82) is 0 Å². The highest BCUT2D eigenvalue weighted by Crippen LogP contribution is 2.34. The minimum Gasteiger partial charge on any atom is -0.398 e. The number of benzene rings is 1. The molecule has 1 aliphatic rings. The van der Waals surface area contributed by atoms with E-state index in [-0.39, 0.29) is 11.0 Å². The van der Waals surface area contributed by atoms with Crippen LogP contribution in [0.2, 0.25) is 0 Å². The van der Waals surface area contributed by atoms with Gasteiger partial charge >= 0.3 is 0 Å². The molecule has 0 aromatic heterocycles. The van der Waals surface area contributed by atoms with Gasteiger partial charge < -0.3 is 10.8 Å². The van der Waals surface area contributed by atoms with E-state index in [0.717, 1.165) is 31.2 Å². The summed E-state index contributed by atoms with van der Waals surface area (Å²) in [5.74, 6) is 0.328. The number of aliphatic hydroxyl groups is 1. The molecule has 0 amide bonds. The van der Waals surface area contributed by atoms with Crippen molar-refractivity contribution in [2.24, 2.45) is 0 Å². The van der Waals surface area contributed by atoms with Crippen molar-refractivity contribution in [2.75, 3.05) is 12.0 Å². The summed E-state index contributed by atoms with van der Waals surface area (Å²) in [4.78, 5) is 0.214. The third-order valence-corrected chi connectivity index (χ3v) is 4.76. The zero-order chi connectivity index (χ0) is 13.3. The highest BCUT2D eigenvalue weighted by molar-refractivity contribution is 7.90. The maximum absolute atomic E-state index is 11.6. The standard InChI is InChI=1S/C13H19NO3S/c1-18(16,17)13-8-10(4-7-12(13)14)9-2-5-11(15)6-3-9/h4,7-9,11,15H,2-3,5-6,14H2,1H3. The summed E-state index contributed by atoms with van der Waals surface area (Å²) in [5, 5.41) is 9.49. The number of rotatable bonds is 2. The molecular weight excluding hydrogens is 250 g/mol. The molecule has 0 atom stereocenters. The van der Waals surface area contributed by atoms with E-state index in [9.17, 15) is 13.5 Å². The molecule has 3 N–H and O–H groups in total. The van der Waals surface area contributed by atoms with Gasteiger partial charge in [-0.15, -0.1) is 0 Å². The molecular formula is C13H19NO3S. The van der Waals surface area contributed by atoms with Gasteiger partial charge in [0.1, 0.15) is 0 Å². The number of nitrogen functional groups attached to an aromatic ring is 1. The van der Waals surface area contributed by atoms with Crippen LogP contribution in [0.25, 0.3) is 0 Å². The Kier molecular flexibility index (Phi) is 3.64. The van der Waals surface area contributed by atoms with Crippen molar-refractivity contribution in [2.45, 2.75) is 42.6 Å². The van der Waals surface area contributed by atoms with Crippen LogP contribution < -0.4 is 5.73 Å². The normalized spacial score (nSPS) is 25.0. The number of anilines is 1. The molecule has 0 aliphatic heterocycles. The van der Waals surface area contributed by atoms with E-state index in [0.29, 0.717) is 11.6 Å². The van der Waals surface area contributed by atoms with E-state index in [4.69, 9.17) is 5.73 Å². The third kappa shape index (κ3) is 2.84. The predicted octanol–water partition coefficient (Wildman–Crippen LogP) is 1.69. The third-order valence-electron chi connectivity index (χ3n) is 3.61. The van der Waals surface area contributed by atoms with Crippen molar-refractivity contribution in [1.82, 2.24) is 0 Å². The van der Waals surface area contributed by atoms with Crippen LogP contribution in [0.4, 0.5) is 5.69 Å². The maximum Gasteiger partial charge on any atom is 0.177 e. The van der Waals surface area contributed by atoms with Crippen LogP contribution in [0, 0.1) is 0 Å². The van der Waals surface area contributed by atoms with Gasteiger partial charge in [-0.25, -0.2) is 8.42 Å². The average Bonchev–Trinajstić information content (AvgIpc) is 2.29. The van der Waals surface area contributed by atoms with E-state index in [1.807, 2.05) is 6.07 Å². The summed E-state index contributed by atoms with van der Waals surface area (Å²) in [6, 6.07) is 5.25. The van der Waals surface area contributed by atoms with E-state index in [1.165, 1.54) is 6.26 Å². The average molecular weight is 269 g/mol. The Morgan fingerprint density at radius 3 is 2.39 bits per heavy atom. The second-order valence-corrected chi connectivity index (χ2v) is 7.06. The molecule has 0 saturated heterocycles. The molecule has 0 unspecified atom stereocenters. The smallest absolute Gasteiger partial charge is 0.177 e. The second-order valence-electron chi connectivity index (χ2n) is 5.07. The Labute approximate surface area is 108 Å². The molecule has 5 heteroatoms. The van der Waals surface area contributed by atoms with Crippen molar-refractivity contribution in [3.05, 3.63) is 23.8 Å². The van der Waals surface area contributed by atoms with Crippen LogP contribution in [0.5, 0.6) is 0 Å². The summed E-state index contributed by atoms with van der Waals surface area (Å²) < 4.78 is 23.2. The van der Waals surface area contributed by atoms with Crippen LogP contribution in [-0.2, 0) is 9.84 Å². The number of aliphatic hydroxyl groups excluding tert-OH is 1. The van der Waals surface area contributed by atoms with Crippen LogP contribution in [0.15, 0.2) is 23.1 Å². The molecule has 0 radical (unpaired) electrons. The number of sulfone groups is 1. The molecule has 0 spiro atoms. The van der Waals surface area contributed by atoms with Gasteiger partial charge in [-0.1, -0.05) is 6.07 Å². The van der Waals surface area contributed by atoms with Crippen LogP contribution >= 0.6 is 0 Å². The van der Waals surface area contributed by atoms with Gasteiger partial charge in [-0.05, 0) is 49.3 Å². The van der Waals surface area contributed by atoms with E-state index in [1.54, 1.807) is 12.1 Å². The molecule has 2 rings (SSSR count). The van der Waals surface area contributed by atoms with Crippen LogP contribution in [0.3, 0.4) is 0 Å². The van der Waals surface area contributed by atoms with Crippen LogP contribution in [-0.4, -0.2) is 25.9 Å². The molecule has 100 valence electrons. The number of nitrogens with two attached hydrogens (primary N) is 1. The van der Waals surface area contributed by atoms with E-state index < -0.39 is 9.84 Å².